The van der Waals surface area contributed by atoms with Crippen molar-refractivity contribution < 1.29 is 0 Å². The highest BCUT2D eigenvalue weighted by atomic mass is 15.0. The van der Waals surface area contributed by atoms with Crippen molar-refractivity contribution in [3.05, 3.63) is 11.3 Å². The van der Waals surface area contributed by atoms with Gasteiger partial charge in [-0.1, -0.05) is 20.8 Å². The zero-order valence-corrected chi connectivity index (χ0v) is 6.94. The molecule has 1 heteroatoms. The third kappa shape index (κ3) is 0.536. The molecule has 0 bridgehead atoms. The molecule has 1 heterocycles. The van der Waals surface area contributed by atoms with E-state index in [0.717, 1.165) is 17.8 Å². The van der Waals surface area contributed by atoms with E-state index in [1.807, 2.05) is 0 Å². The van der Waals surface area contributed by atoms with Crippen LogP contribution in [-0.4, -0.2) is 6.54 Å². The summed E-state index contributed by atoms with van der Waals surface area (Å²) in [5, 5.41) is 3.47. The van der Waals surface area contributed by atoms with E-state index in [0.29, 0.717) is 0 Å². The lowest BCUT2D eigenvalue weighted by atomic mass is 9.71. The molecule has 56 valence electrons. The SMILES string of the molecule is CC1CNC2=C1C(C)C2C. The molecule has 0 radical (unpaired) electrons. The van der Waals surface area contributed by atoms with Gasteiger partial charge in [0.1, 0.15) is 0 Å². The number of rotatable bonds is 0. The zero-order chi connectivity index (χ0) is 7.30. The van der Waals surface area contributed by atoms with Crippen LogP contribution in [0.1, 0.15) is 20.8 Å². The molecular weight excluding hydrogens is 122 g/mol. The summed E-state index contributed by atoms with van der Waals surface area (Å²) in [6.07, 6.45) is 0. The first-order valence-corrected chi connectivity index (χ1v) is 4.19. The van der Waals surface area contributed by atoms with E-state index in [9.17, 15) is 0 Å². The van der Waals surface area contributed by atoms with Crippen molar-refractivity contribution in [1.29, 1.82) is 0 Å². The van der Waals surface area contributed by atoms with Gasteiger partial charge in [-0.3, -0.25) is 0 Å². The minimum Gasteiger partial charge on any atom is -0.388 e. The fourth-order valence-electron chi connectivity index (χ4n) is 2.28. The molecule has 0 spiro atoms. The molecule has 1 aliphatic heterocycles. The van der Waals surface area contributed by atoms with Crippen LogP contribution in [0.4, 0.5) is 0 Å². The Bertz CT molecular complexity index is 193. The fraction of sp³-hybridized carbons (Fsp3) is 0.778. The highest BCUT2D eigenvalue weighted by Gasteiger charge is 2.39. The summed E-state index contributed by atoms with van der Waals surface area (Å²) in [4.78, 5) is 0. The first-order chi connectivity index (χ1) is 4.72. The van der Waals surface area contributed by atoms with Crippen LogP contribution in [0.5, 0.6) is 0 Å². The van der Waals surface area contributed by atoms with Crippen molar-refractivity contribution in [1.82, 2.24) is 5.32 Å². The minimum absolute atomic E-state index is 0.806. The van der Waals surface area contributed by atoms with E-state index in [2.05, 4.69) is 26.1 Å². The molecule has 2 aliphatic rings. The second-order valence-electron chi connectivity index (χ2n) is 3.73. The molecule has 1 aliphatic carbocycles. The first kappa shape index (κ1) is 6.26. The van der Waals surface area contributed by atoms with Gasteiger partial charge in [-0.2, -0.15) is 0 Å². The van der Waals surface area contributed by atoms with Crippen LogP contribution in [0, 0.1) is 17.8 Å². The monoisotopic (exact) mass is 137 g/mol. The maximum Gasteiger partial charge on any atom is 0.0207 e. The third-order valence-electron chi connectivity index (χ3n) is 3.14. The third-order valence-corrected chi connectivity index (χ3v) is 3.14. The molecule has 1 nitrogen and oxygen atoms in total. The summed E-state index contributed by atoms with van der Waals surface area (Å²) in [6, 6.07) is 0. The topological polar surface area (TPSA) is 12.0 Å². The second kappa shape index (κ2) is 1.77. The van der Waals surface area contributed by atoms with Gasteiger partial charge < -0.3 is 5.32 Å². The van der Waals surface area contributed by atoms with E-state index in [-0.39, 0.29) is 0 Å². The molecule has 0 amide bonds. The van der Waals surface area contributed by atoms with Gasteiger partial charge in [0.2, 0.25) is 0 Å². The molecule has 0 aromatic heterocycles. The van der Waals surface area contributed by atoms with Crippen LogP contribution in [0.25, 0.3) is 0 Å². The van der Waals surface area contributed by atoms with Gasteiger partial charge in [-0.25, -0.2) is 0 Å². The van der Waals surface area contributed by atoms with Crippen LogP contribution in [0.3, 0.4) is 0 Å². The fourth-order valence-corrected chi connectivity index (χ4v) is 2.28. The highest BCUT2D eigenvalue weighted by Crippen LogP contribution is 2.45. The minimum atomic E-state index is 0.806. The summed E-state index contributed by atoms with van der Waals surface area (Å²) in [7, 11) is 0. The predicted molar refractivity (Wildman–Crippen MR) is 42.5 cm³/mol. The Morgan fingerprint density at radius 2 is 1.90 bits per heavy atom. The molecule has 0 saturated carbocycles. The zero-order valence-electron chi connectivity index (χ0n) is 6.94. The average Bonchev–Trinajstić information content (AvgIpc) is 2.27. The first-order valence-electron chi connectivity index (χ1n) is 4.19. The van der Waals surface area contributed by atoms with E-state index in [1.165, 1.54) is 6.54 Å². The van der Waals surface area contributed by atoms with Crippen LogP contribution < -0.4 is 5.32 Å². The Labute approximate surface area is 62.5 Å². The highest BCUT2D eigenvalue weighted by molar-refractivity contribution is 5.35. The summed E-state index contributed by atoms with van der Waals surface area (Å²) in [6.45, 7) is 8.15. The lowest BCUT2D eigenvalue weighted by molar-refractivity contribution is 0.402. The molecule has 10 heavy (non-hydrogen) atoms. The van der Waals surface area contributed by atoms with Crippen LogP contribution in [0.15, 0.2) is 11.3 Å². The average molecular weight is 137 g/mol. The smallest absolute Gasteiger partial charge is 0.0207 e. The lowest BCUT2D eigenvalue weighted by Crippen LogP contribution is -2.29. The van der Waals surface area contributed by atoms with E-state index in [1.54, 1.807) is 11.3 Å². The second-order valence-corrected chi connectivity index (χ2v) is 3.73. The Morgan fingerprint density at radius 3 is 2.50 bits per heavy atom. The van der Waals surface area contributed by atoms with Gasteiger partial charge in [0.05, 0.1) is 0 Å². The van der Waals surface area contributed by atoms with Gasteiger partial charge in [0, 0.05) is 18.2 Å². The summed E-state index contributed by atoms with van der Waals surface area (Å²) in [5.41, 5.74) is 3.26. The molecule has 2 rings (SSSR count). The summed E-state index contributed by atoms with van der Waals surface area (Å²) >= 11 is 0. The van der Waals surface area contributed by atoms with Crippen molar-refractivity contribution in [3.63, 3.8) is 0 Å². The van der Waals surface area contributed by atoms with Crippen LogP contribution in [0.2, 0.25) is 0 Å². The van der Waals surface area contributed by atoms with Gasteiger partial charge in [0.15, 0.2) is 0 Å². The van der Waals surface area contributed by atoms with Crippen molar-refractivity contribution in [2.45, 2.75) is 20.8 Å². The number of allylic oxidation sites excluding steroid dienone is 1. The molecule has 1 N–H and O–H groups in total. The van der Waals surface area contributed by atoms with Gasteiger partial charge in [0.25, 0.3) is 0 Å². The Hall–Kier alpha value is -0.460. The normalized spacial score (nSPS) is 44.5. The lowest BCUT2D eigenvalue weighted by Gasteiger charge is -2.34. The molecule has 0 aromatic carbocycles. The maximum atomic E-state index is 3.47. The molecule has 0 saturated heterocycles. The molecule has 0 fully saturated rings. The largest absolute Gasteiger partial charge is 0.388 e. The van der Waals surface area contributed by atoms with E-state index < -0.39 is 0 Å². The van der Waals surface area contributed by atoms with Crippen LogP contribution in [-0.2, 0) is 0 Å². The van der Waals surface area contributed by atoms with Gasteiger partial charge in [-0.15, -0.1) is 0 Å². The number of hydrogen-bond donors (Lipinski definition) is 1. The van der Waals surface area contributed by atoms with Gasteiger partial charge >= 0.3 is 0 Å². The molecule has 3 unspecified atom stereocenters. The summed E-state index contributed by atoms with van der Waals surface area (Å²) in [5.74, 6) is 2.46. The van der Waals surface area contributed by atoms with Crippen LogP contribution >= 0.6 is 0 Å². The maximum absolute atomic E-state index is 3.47. The standard InChI is InChI=1S/C9H15N/c1-5-4-10-9-7(3)6(2)8(5)9/h5-7,10H,4H2,1-3H3. The molecule has 0 aromatic rings. The number of nitrogens with one attached hydrogen (secondary N) is 1. The van der Waals surface area contributed by atoms with Crippen molar-refractivity contribution in [2.75, 3.05) is 6.54 Å². The number of hydrogen-bond acceptors (Lipinski definition) is 1. The Balaban J connectivity index is 2.28. The molecular formula is C9H15N. The Morgan fingerprint density at radius 1 is 1.20 bits per heavy atom. The van der Waals surface area contributed by atoms with E-state index in [4.69, 9.17) is 0 Å². The predicted octanol–water partition coefficient (Wildman–Crippen LogP) is 1.77. The molecule has 3 atom stereocenters. The van der Waals surface area contributed by atoms with Crippen molar-refractivity contribution in [2.24, 2.45) is 17.8 Å². The Kier molecular flexibility index (Phi) is 1.11. The van der Waals surface area contributed by atoms with Crippen molar-refractivity contribution in [3.8, 4) is 0 Å². The quantitative estimate of drug-likeness (QED) is 0.536. The van der Waals surface area contributed by atoms with Crippen molar-refractivity contribution >= 4 is 0 Å². The van der Waals surface area contributed by atoms with E-state index >= 15 is 0 Å². The van der Waals surface area contributed by atoms with Gasteiger partial charge in [-0.05, 0) is 17.4 Å². The summed E-state index contributed by atoms with van der Waals surface area (Å²) < 4.78 is 0.